The van der Waals surface area contributed by atoms with Gasteiger partial charge in [-0.15, -0.1) is 0 Å². The summed E-state index contributed by atoms with van der Waals surface area (Å²) < 4.78 is 0. The predicted molar refractivity (Wildman–Crippen MR) is 121 cm³/mol. The molecule has 1 amide bonds. The lowest BCUT2D eigenvalue weighted by Gasteiger charge is -2.31. The number of hydrogen-bond acceptors (Lipinski definition) is 8. The quantitative estimate of drug-likeness (QED) is 0.246. The number of nitrogens with two attached hydrogens (primary N) is 1. The van der Waals surface area contributed by atoms with Gasteiger partial charge in [-0.1, -0.05) is 0 Å². The lowest BCUT2D eigenvalue weighted by molar-refractivity contribution is -0.131. The summed E-state index contributed by atoms with van der Waals surface area (Å²) in [6.07, 6.45) is 0.773. The first-order valence-corrected chi connectivity index (χ1v) is 11.2. The molecule has 2 rings (SSSR count). The number of carbonyl (C=O) groups excluding carboxylic acids is 4. The first kappa shape index (κ1) is 26.6. The van der Waals surface area contributed by atoms with Crippen LogP contribution in [0.25, 0.3) is 0 Å². The molecule has 3 unspecified atom stereocenters. The third kappa shape index (κ3) is 6.93. The van der Waals surface area contributed by atoms with E-state index < -0.39 is 36.6 Å². The molecule has 9 heteroatoms. The largest absolute Gasteiger partial charge is 0.507 e. The van der Waals surface area contributed by atoms with E-state index in [1.807, 2.05) is 19.0 Å². The zero-order valence-corrected chi connectivity index (χ0v) is 19.2. The van der Waals surface area contributed by atoms with Crippen molar-refractivity contribution in [2.24, 2.45) is 23.5 Å². The van der Waals surface area contributed by atoms with Gasteiger partial charge in [-0.2, -0.15) is 0 Å². The number of Topliss-reactive ketones (excluding diaryl/α,β-unsaturated/α-hetero) is 3. The molecular formula is C24H34N2O7. The van der Waals surface area contributed by atoms with Gasteiger partial charge < -0.3 is 26.0 Å². The van der Waals surface area contributed by atoms with Crippen LogP contribution in [0.3, 0.4) is 0 Å². The molecule has 0 saturated heterocycles. The zero-order chi connectivity index (χ0) is 24.7. The number of phenolic OH excluding ortho intramolecular Hbond substituents is 1. The van der Waals surface area contributed by atoms with Crippen LogP contribution in [-0.2, 0) is 16.0 Å². The van der Waals surface area contributed by atoms with Crippen molar-refractivity contribution in [1.82, 2.24) is 4.90 Å². The van der Waals surface area contributed by atoms with Crippen LogP contribution in [0.15, 0.2) is 12.1 Å². The topological polar surface area (TPSA) is 158 Å². The number of aliphatic hydroxyl groups is 2. The summed E-state index contributed by atoms with van der Waals surface area (Å²) >= 11 is 0. The second-order valence-electron chi connectivity index (χ2n) is 9.07. The van der Waals surface area contributed by atoms with E-state index in [0.717, 1.165) is 0 Å². The normalized spacial score (nSPS) is 17.5. The maximum absolute atomic E-state index is 12.9. The molecule has 0 saturated carbocycles. The van der Waals surface area contributed by atoms with E-state index in [9.17, 15) is 34.5 Å². The number of hydrogen-bond donors (Lipinski definition) is 4. The minimum absolute atomic E-state index is 0.111. The number of benzene rings is 1. The number of primary amides is 1. The van der Waals surface area contributed by atoms with Crippen LogP contribution in [0.1, 0.15) is 58.4 Å². The predicted octanol–water partition coefficient (Wildman–Crippen LogP) is 0.713. The Kier molecular flexibility index (Phi) is 9.70. The minimum atomic E-state index is -0.883. The number of phenols is 1. The molecule has 0 spiro atoms. The molecule has 5 N–H and O–H groups in total. The molecule has 182 valence electrons. The fourth-order valence-electron chi connectivity index (χ4n) is 4.67. The number of nitrogens with zero attached hydrogens (tertiary/aromatic N) is 1. The molecule has 1 aliphatic carbocycles. The second kappa shape index (κ2) is 12.0. The summed E-state index contributed by atoms with van der Waals surface area (Å²) in [6.45, 7) is -0.176. The number of aromatic hydroxyl groups is 1. The molecule has 0 aliphatic heterocycles. The molecule has 3 atom stereocenters. The molecule has 0 aromatic heterocycles. The highest BCUT2D eigenvalue weighted by Crippen LogP contribution is 2.38. The van der Waals surface area contributed by atoms with Gasteiger partial charge in [-0.3, -0.25) is 19.2 Å². The Labute approximate surface area is 193 Å². The summed E-state index contributed by atoms with van der Waals surface area (Å²) in [5, 5.41) is 29.6. The number of ketones is 3. The van der Waals surface area contributed by atoms with Gasteiger partial charge in [0.05, 0.1) is 18.6 Å². The molecular weight excluding hydrogens is 428 g/mol. The summed E-state index contributed by atoms with van der Waals surface area (Å²) in [5.41, 5.74) is 6.21. The van der Waals surface area contributed by atoms with Crippen molar-refractivity contribution in [3.63, 3.8) is 0 Å². The average molecular weight is 463 g/mol. The number of aliphatic hydroxyl groups excluding tert-OH is 2. The molecule has 9 nitrogen and oxygen atoms in total. The van der Waals surface area contributed by atoms with Crippen molar-refractivity contribution in [2.75, 3.05) is 33.9 Å². The lowest BCUT2D eigenvalue weighted by atomic mass is 9.72. The van der Waals surface area contributed by atoms with Crippen LogP contribution in [0.5, 0.6) is 5.75 Å². The van der Waals surface area contributed by atoms with Crippen molar-refractivity contribution < 1.29 is 34.5 Å². The van der Waals surface area contributed by atoms with Crippen LogP contribution in [0, 0.1) is 17.8 Å². The number of carbonyl (C=O) groups is 4. The zero-order valence-electron chi connectivity index (χ0n) is 19.2. The summed E-state index contributed by atoms with van der Waals surface area (Å²) in [6, 6.07) is 2.92. The summed E-state index contributed by atoms with van der Waals surface area (Å²) in [4.78, 5) is 51.2. The van der Waals surface area contributed by atoms with Crippen LogP contribution in [0.4, 0.5) is 0 Å². The monoisotopic (exact) mass is 462 g/mol. The molecule has 0 bridgehead atoms. The van der Waals surface area contributed by atoms with Crippen molar-refractivity contribution in [3.05, 3.63) is 28.8 Å². The lowest BCUT2D eigenvalue weighted by Crippen LogP contribution is -2.34. The Morgan fingerprint density at radius 3 is 2.45 bits per heavy atom. The molecule has 1 aliphatic rings. The third-order valence-corrected chi connectivity index (χ3v) is 6.29. The van der Waals surface area contributed by atoms with Gasteiger partial charge >= 0.3 is 0 Å². The molecule has 1 aromatic rings. The van der Waals surface area contributed by atoms with Crippen LogP contribution < -0.4 is 5.73 Å². The Balaban J connectivity index is 2.31. The van der Waals surface area contributed by atoms with Gasteiger partial charge in [0.1, 0.15) is 11.5 Å². The van der Waals surface area contributed by atoms with Crippen LogP contribution in [-0.4, -0.2) is 77.3 Å². The van der Waals surface area contributed by atoms with Crippen molar-refractivity contribution >= 4 is 23.3 Å². The van der Waals surface area contributed by atoms with E-state index in [1.54, 1.807) is 6.07 Å². The molecule has 0 radical (unpaired) electrons. The highest BCUT2D eigenvalue weighted by molar-refractivity contribution is 6.06. The van der Waals surface area contributed by atoms with Gasteiger partial charge in [0.15, 0.2) is 11.6 Å². The maximum atomic E-state index is 12.9. The Morgan fingerprint density at radius 2 is 1.88 bits per heavy atom. The van der Waals surface area contributed by atoms with E-state index in [-0.39, 0.29) is 54.7 Å². The minimum Gasteiger partial charge on any atom is -0.507 e. The smallest absolute Gasteiger partial charge is 0.224 e. The first-order chi connectivity index (χ1) is 15.6. The highest BCUT2D eigenvalue weighted by Gasteiger charge is 2.35. The van der Waals surface area contributed by atoms with Crippen molar-refractivity contribution in [2.45, 2.75) is 38.5 Å². The molecule has 33 heavy (non-hydrogen) atoms. The number of fused-ring (bicyclic) bond motifs is 1. The van der Waals surface area contributed by atoms with Crippen molar-refractivity contribution in [1.29, 1.82) is 0 Å². The van der Waals surface area contributed by atoms with Crippen LogP contribution in [0.2, 0.25) is 0 Å². The molecule has 0 fully saturated rings. The maximum Gasteiger partial charge on any atom is 0.224 e. The summed E-state index contributed by atoms with van der Waals surface area (Å²) in [5.74, 6) is -3.45. The fraction of sp³-hybridized carbons (Fsp3) is 0.583. The fourth-order valence-corrected chi connectivity index (χ4v) is 4.67. The van der Waals surface area contributed by atoms with Crippen LogP contribution >= 0.6 is 0 Å². The highest BCUT2D eigenvalue weighted by atomic mass is 16.3. The van der Waals surface area contributed by atoms with E-state index in [4.69, 9.17) is 5.73 Å². The first-order valence-electron chi connectivity index (χ1n) is 11.2. The standard InChI is InChI=1S/C24H34N2O7/c1-26(2)7-5-19(29)16-3-4-20(30)24-17(16)10-14(11-22(24)32)9-15(6-8-27)18(13-28)21(31)12-23(25)33/h3-4,14-15,18,27-28,30H,5-13H2,1-2H3,(H2,25,33). The Morgan fingerprint density at radius 1 is 1.18 bits per heavy atom. The molecule has 0 heterocycles. The van der Waals surface area contributed by atoms with Crippen molar-refractivity contribution in [3.8, 4) is 5.75 Å². The van der Waals surface area contributed by atoms with Gasteiger partial charge in [-0.05, 0) is 62.9 Å². The van der Waals surface area contributed by atoms with E-state index in [1.165, 1.54) is 6.07 Å². The van der Waals surface area contributed by atoms with Gasteiger partial charge in [-0.25, -0.2) is 0 Å². The van der Waals surface area contributed by atoms with E-state index in [2.05, 4.69) is 0 Å². The van der Waals surface area contributed by atoms with E-state index in [0.29, 0.717) is 30.5 Å². The summed E-state index contributed by atoms with van der Waals surface area (Å²) in [7, 11) is 3.72. The SMILES string of the molecule is CN(C)CCC(=O)c1ccc(O)c2c1CC(CC(CCO)C(CO)C(=O)CC(N)=O)CC2=O. The number of amides is 1. The Bertz CT molecular complexity index is 897. The third-order valence-electron chi connectivity index (χ3n) is 6.29. The average Bonchev–Trinajstić information content (AvgIpc) is 2.72. The second-order valence-corrected chi connectivity index (χ2v) is 9.07. The van der Waals surface area contributed by atoms with E-state index >= 15 is 0 Å². The van der Waals surface area contributed by atoms with Gasteiger partial charge in [0, 0.05) is 37.5 Å². The van der Waals surface area contributed by atoms with Gasteiger partial charge in [0.2, 0.25) is 5.91 Å². The van der Waals surface area contributed by atoms with Gasteiger partial charge in [0.25, 0.3) is 0 Å². The Hall–Kier alpha value is -2.62. The number of rotatable bonds is 13. The molecule has 1 aromatic carbocycles.